The van der Waals surface area contributed by atoms with Gasteiger partial charge in [-0.2, -0.15) is 0 Å². The van der Waals surface area contributed by atoms with Crippen LogP contribution in [0.25, 0.3) is 0 Å². The molecule has 0 bridgehead atoms. The molecule has 0 spiro atoms. The number of anilines is 1. The molecule has 2 N–H and O–H groups in total. The lowest BCUT2D eigenvalue weighted by Gasteiger charge is -2.11. The summed E-state index contributed by atoms with van der Waals surface area (Å²) >= 11 is 5.87. The molecule has 0 saturated carbocycles. The van der Waals surface area contributed by atoms with Gasteiger partial charge in [0, 0.05) is 24.6 Å². The monoisotopic (exact) mass is 399 g/mol. The van der Waals surface area contributed by atoms with Gasteiger partial charge in [0.05, 0.1) is 17.7 Å². The van der Waals surface area contributed by atoms with Gasteiger partial charge in [0.25, 0.3) is 0 Å². The molecule has 0 fully saturated rings. The van der Waals surface area contributed by atoms with Crippen molar-refractivity contribution in [2.24, 2.45) is 7.05 Å². The molecule has 1 aromatic carbocycles. The van der Waals surface area contributed by atoms with E-state index >= 15 is 0 Å². The minimum absolute atomic E-state index is 0.0281. The summed E-state index contributed by atoms with van der Waals surface area (Å²) < 4.78 is 33.9. The number of ether oxygens (including phenoxy) is 1. The van der Waals surface area contributed by atoms with E-state index in [9.17, 15) is 13.2 Å². The van der Waals surface area contributed by atoms with Crippen molar-refractivity contribution in [3.05, 3.63) is 47.2 Å². The van der Waals surface area contributed by atoms with Crippen LogP contribution >= 0.6 is 11.6 Å². The molecule has 0 aliphatic carbocycles. The number of sulfonamides is 1. The Hall–Kier alpha value is -2.19. The van der Waals surface area contributed by atoms with Gasteiger partial charge in [0.2, 0.25) is 15.9 Å². The second kappa shape index (κ2) is 8.46. The van der Waals surface area contributed by atoms with Crippen LogP contribution in [0.3, 0.4) is 0 Å². The highest BCUT2D eigenvalue weighted by atomic mass is 35.5. The van der Waals surface area contributed by atoms with Gasteiger partial charge in [-0.25, -0.2) is 8.42 Å². The minimum Gasteiger partial charge on any atom is -0.491 e. The van der Waals surface area contributed by atoms with Gasteiger partial charge in [-0.3, -0.25) is 9.52 Å². The average molecular weight is 400 g/mol. The normalized spacial score (nSPS) is 11.4. The van der Waals surface area contributed by atoms with Gasteiger partial charge in [-0.15, -0.1) is 0 Å². The van der Waals surface area contributed by atoms with E-state index in [2.05, 4.69) is 10.0 Å². The molecule has 0 saturated heterocycles. The lowest BCUT2D eigenvalue weighted by molar-refractivity contribution is -0.118. The van der Waals surface area contributed by atoms with Gasteiger partial charge in [-0.05, 0) is 44.2 Å². The molecule has 142 valence electrons. The first-order chi connectivity index (χ1) is 12.1. The quantitative estimate of drug-likeness (QED) is 0.713. The summed E-state index contributed by atoms with van der Waals surface area (Å²) in [6, 6.07) is 8.20. The molecule has 2 rings (SSSR count). The van der Waals surface area contributed by atoms with Gasteiger partial charge >= 0.3 is 0 Å². The summed E-state index contributed by atoms with van der Waals surface area (Å²) in [5.41, 5.74) is 1.14. The van der Waals surface area contributed by atoms with Crippen molar-refractivity contribution in [3.63, 3.8) is 0 Å². The van der Waals surface area contributed by atoms with Crippen molar-refractivity contribution in [3.8, 4) is 5.75 Å². The first-order valence-corrected chi connectivity index (χ1v) is 10.0. The topological polar surface area (TPSA) is 89.4 Å². The van der Waals surface area contributed by atoms with Gasteiger partial charge in [0.1, 0.15) is 11.5 Å². The first kappa shape index (κ1) is 20.1. The molecule has 1 amide bonds. The Morgan fingerprint density at radius 2 is 1.92 bits per heavy atom. The fraction of sp³-hybridized carbons (Fsp3) is 0.353. The Morgan fingerprint density at radius 1 is 1.27 bits per heavy atom. The molecule has 0 atom stereocenters. The third-order valence-corrected chi connectivity index (χ3v) is 4.76. The molecule has 0 aliphatic rings. The van der Waals surface area contributed by atoms with E-state index in [-0.39, 0.29) is 12.6 Å². The van der Waals surface area contributed by atoms with Crippen LogP contribution in [0.15, 0.2) is 36.5 Å². The van der Waals surface area contributed by atoms with Crippen LogP contribution in [0.4, 0.5) is 5.69 Å². The molecule has 26 heavy (non-hydrogen) atoms. The number of rotatable bonds is 8. The van der Waals surface area contributed by atoms with Gasteiger partial charge < -0.3 is 14.6 Å². The summed E-state index contributed by atoms with van der Waals surface area (Å²) in [5, 5.41) is 3.12. The van der Waals surface area contributed by atoms with Crippen LogP contribution in [0.5, 0.6) is 5.75 Å². The number of nitrogens with one attached hydrogen (secondary N) is 2. The van der Waals surface area contributed by atoms with Gasteiger partial charge in [0.15, 0.2) is 0 Å². The van der Waals surface area contributed by atoms with Crippen LogP contribution in [0, 0.1) is 0 Å². The molecular formula is C17H22ClN3O4S. The highest BCUT2D eigenvalue weighted by Crippen LogP contribution is 2.18. The maximum absolute atomic E-state index is 12.1. The Balaban J connectivity index is 1.89. The van der Waals surface area contributed by atoms with Crippen LogP contribution in [-0.2, 0) is 28.4 Å². The number of aromatic nitrogens is 1. The third-order valence-electron chi connectivity index (χ3n) is 3.36. The molecule has 0 aliphatic heterocycles. The fourth-order valence-electron chi connectivity index (χ4n) is 2.24. The Kier molecular flexibility index (Phi) is 6.55. The van der Waals surface area contributed by atoms with Crippen LogP contribution in [-0.4, -0.2) is 30.7 Å². The maximum atomic E-state index is 12.1. The zero-order valence-corrected chi connectivity index (χ0v) is 16.4. The van der Waals surface area contributed by atoms with Crippen molar-refractivity contribution >= 4 is 33.2 Å². The second-order valence-corrected chi connectivity index (χ2v) is 8.25. The SMILES string of the molecule is CC(C)Oc1ccc(NS(=O)(=O)CC(=O)NCc2cc(Cl)cn2C)cc1. The molecule has 1 aromatic heterocycles. The van der Waals surface area contributed by atoms with Crippen molar-refractivity contribution in [2.75, 3.05) is 10.5 Å². The maximum Gasteiger partial charge on any atom is 0.241 e. The number of carbonyl (C=O) groups excluding carboxylic acids is 1. The van der Waals surface area contributed by atoms with Crippen LogP contribution in [0.1, 0.15) is 19.5 Å². The number of benzene rings is 1. The molecule has 9 heteroatoms. The molecular weight excluding hydrogens is 378 g/mol. The predicted molar refractivity (Wildman–Crippen MR) is 102 cm³/mol. The van der Waals surface area contributed by atoms with E-state index in [1.807, 2.05) is 13.8 Å². The zero-order valence-electron chi connectivity index (χ0n) is 14.8. The molecule has 2 aromatic rings. The van der Waals surface area contributed by atoms with E-state index in [1.165, 1.54) is 0 Å². The lowest BCUT2D eigenvalue weighted by atomic mass is 10.3. The molecule has 0 radical (unpaired) electrons. The fourth-order valence-corrected chi connectivity index (χ4v) is 3.53. The van der Waals surface area contributed by atoms with E-state index in [0.717, 1.165) is 5.69 Å². The Bertz CT molecular complexity index is 861. The van der Waals surface area contributed by atoms with Crippen molar-refractivity contribution in [2.45, 2.75) is 26.5 Å². The summed E-state index contributed by atoms with van der Waals surface area (Å²) in [4.78, 5) is 11.9. The molecule has 7 nitrogen and oxygen atoms in total. The first-order valence-electron chi connectivity index (χ1n) is 7.99. The smallest absolute Gasteiger partial charge is 0.241 e. The highest BCUT2D eigenvalue weighted by Gasteiger charge is 2.17. The van der Waals surface area contributed by atoms with Crippen LogP contribution < -0.4 is 14.8 Å². The summed E-state index contributed by atoms with van der Waals surface area (Å²) in [5.74, 6) is -0.633. The van der Waals surface area contributed by atoms with Crippen LogP contribution in [0.2, 0.25) is 5.02 Å². The predicted octanol–water partition coefficient (Wildman–Crippen LogP) is 2.52. The summed E-state index contributed by atoms with van der Waals surface area (Å²) in [6.45, 7) is 4.00. The minimum atomic E-state index is -3.81. The molecule has 0 unspecified atom stereocenters. The number of aryl methyl sites for hydroxylation is 1. The molecule has 1 heterocycles. The Morgan fingerprint density at radius 3 is 2.46 bits per heavy atom. The summed E-state index contributed by atoms with van der Waals surface area (Å²) in [6.07, 6.45) is 1.73. The van der Waals surface area contributed by atoms with E-state index in [1.54, 1.807) is 48.1 Å². The third kappa shape index (κ3) is 6.27. The van der Waals surface area contributed by atoms with Crippen molar-refractivity contribution in [1.82, 2.24) is 9.88 Å². The number of carbonyl (C=O) groups is 1. The number of hydrogen-bond acceptors (Lipinski definition) is 4. The van der Waals surface area contributed by atoms with E-state index in [0.29, 0.717) is 16.5 Å². The lowest BCUT2D eigenvalue weighted by Crippen LogP contribution is -2.32. The van der Waals surface area contributed by atoms with Crippen molar-refractivity contribution in [1.29, 1.82) is 0 Å². The van der Waals surface area contributed by atoms with Crippen molar-refractivity contribution < 1.29 is 17.9 Å². The number of hydrogen-bond donors (Lipinski definition) is 2. The number of amides is 1. The zero-order chi connectivity index (χ0) is 19.3. The summed E-state index contributed by atoms with van der Waals surface area (Å²) in [7, 11) is -2.02. The Labute approximate surface area is 158 Å². The standard InChI is InChI=1S/C17H22ClN3O4S/c1-12(2)25-16-6-4-14(5-7-16)20-26(23,24)11-17(22)19-9-15-8-13(18)10-21(15)3/h4-8,10,12,20H,9,11H2,1-3H3,(H,19,22). The number of halogens is 1. The highest BCUT2D eigenvalue weighted by molar-refractivity contribution is 7.93. The van der Waals surface area contributed by atoms with E-state index < -0.39 is 21.7 Å². The number of nitrogens with zero attached hydrogens (tertiary/aromatic N) is 1. The average Bonchev–Trinajstić information content (AvgIpc) is 2.83. The second-order valence-electron chi connectivity index (χ2n) is 6.09. The largest absolute Gasteiger partial charge is 0.491 e. The van der Waals surface area contributed by atoms with E-state index in [4.69, 9.17) is 16.3 Å². The van der Waals surface area contributed by atoms with Gasteiger partial charge in [-0.1, -0.05) is 11.6 Å².